The number of methoxy groups -OCH3 is 1. The number of hydrogen-bond donors (Lipinski definition) is 0. The molecule has 0 atom stereocenters. The highest BCUT2D eigenvalue weighted by atomic mass is 32.2. The highest BCUT2D eigenvalue weighted by Gasteiger charge is 2.25. The van der Waals surface area contributed by atoms with Crippen molar-refractivity contribution >= 4 is 27.8 Å². The van der Waals surface area contributed by atoms with Crippen LogP contribution in [0, 0.1) is 13.8 Å². The Hall–Kier alpha value is -2.31. The zero-order chi connectivity index (χ0) is 18.8. The summed E-state index contributed by atoms with van der Waals surface area (Å²) in [5.41, 5.74) is 4.78. The van der Waals surface area contributed by atoms with Crippen LogP contribution in [0.5, 0.6) is 0 Å². The number of thioether (sulfide) groups is 1. The van der Waals surface area contributed by atoms with Crippen molar-refractivity contribution in [3.63, 3.8) is 0 Å². The van der Waals surface area contributed by atoms with Gasteiger partial charge in [-0.25, -0.2) is 4.98 Å². The summed E-state index contributed by atoms with van der Waals surface area (Å²) in [5.74, 6) is 0.930. The van der Waals surface area contributed by atoms with Gasteiger partial charge in [-0.15, -0.1) is 0 Å². The normalized spacial score (nSPS) is 15.5. The number of nitrogens with zero attached hydrogens (tertiary/aromatic N) is 3. The maximum absolute atomic E-state index is 5.55. The minimum atomic E-state index is 0.606. The molecule has 3 aromatic rings. The molecule has 0 aliphatic carbocycles. The summed E-state index contributed by atoms with van der Waals surface area (Å²) in [6, 6.07) is 10.6. The number of ether oxygens (including phenoxy) is 1. The second-order valence-corrected chi connectivity index (χ2v) is 7.76. The Morgan fingerprint density at radius 1 is 1.30 bits per heavy atom. The van der Waals surface area contributed by atoms with Crippen molar-refractivity contribution in [3.05, 3.63) is 59.0 Å². The van der Waals surface area contributed by atoms with E-state index >= 15 is 0 Å². The molecule has 1 aromatic carbocycles. The van der Waals surface area contributed by atoms with Crippen LogP contribution in [0.3, 0.4) is 0 Å². The second kappa shape index (κ2) is 7.74. The minimum Gasteiger partial charge on any atom is -0.467 e. The first-order valence-corrected chi connectivity index (χ1v) is 9.85. The fraction of sp³-hybridized carbons (Fsp3) is 0.333. The fourth-order valence-electron chi connectivity index (χ4n) is 3.38. The maximum Gasteiger partial charge on any atom is 0.166 e. The lowest BCUT2D eigenvalue weighted by atomic mass is 10.1. The van der Waals surface area contributed by atoms with Gasteiger partial charge in [-0.2, -0.15) is 0 Å². The molecule has 0 radical (unpaired) electrons. The summed E-state index contributed by atoms with van der Waals surface area (Å²) in [6.45, 7) is 6.95. The molecule has 6 heteroatoms. The van der Waals surface area contributed by atoms with Crippen LogP contribution < -0.4 is 0 Å². The van der Waals surface area contributed by atoms with Crippen LogP contribution in [0.4, 0.5) is 0 Å². The Bertz CT molecular complexity index is 983. The highest BCUT2D eigenvalue weighted by Crippen LogP contribution is 2.35. The van der Waals surface area contributed by atoms with E-state index in [-0.39, 0.29) is 0 Å². The molecule has 0 saturated heterocycles. The predicted molar refractivity (Wildman–Crippen MR) is 109 cm³/mol. The van der Waals surface area contributed by atoms with Crippen molar-refractivity contribution < 1.29 is 9.15 Å². The molecule has 5 nitrogen and oxygen atoms in total. The van der Waals surface area contributed by atoms with Gasteiger partial charge < -0.3 is 14.1 Å². The number of rotatable bonds is 5. The lowest BCUT2D eigenvalue weighted by Crippen LogP contribution is -2.32. The molecule has 2 aromatic heterocycles. The van der Waals surface area contributed by atoms with Crippen molar-refractivity contribution in [1.82, 2.24) is 9.88 Å². The van der Waals surface area contributed by atoms with Crippen molar-refractivity contribution in [2.45, 2.75) is 32.0 Å². The molecule has 0 spiro atoms. The number of fused-ring (bicyclic) bond motifs is 2. The SMILES string of the molecule is COCCN=C1Sc2nc3c(C)cc(C)cc3cc2CN1Cc1ccco1. The molecule has 1 aliphatic heterocycles. The standard InChI is InChI=1S/C21H23N3O2S/c1-14-9-15(2)19-16(10-14)11-17-12-24(13-18-5-4-7-26-18)21(22-6-8-25-3)27-20(17)23-19/h4-5,7,9-11H,6,8,12-13H2,1-3H3. The number of aromatic nitrogens is 1. The lowest BCUT2D eigenvalue weighted by molar-refractivity contribution is 0.207. The molecule has 1 aliphatic rings. The summed E-state index contributed by atoms with van der Waals surface area (Å²) in [7, 11) is 1.70. The van der Waals surface area contributed by atoms with E-state index in [2.05, 4.69) is 36.9 Å². The van der Waals surface area contributed by atoms with E-state index in [1.165, 1.54) is 22.1 Å². The van der Waals surface area contributed by atoms with Gasteiger partial charge >= 0.3 is 0 Å². The first kappa shape index (κ1) is 18.1. The van der Waals surface area contributed by atoms with Crippen LogP contribution in [0.1, 0.15) is 22.5 Å². The van der Waals surface area contributed by atoms with E-state index in [0.29, 0.717) is 19.7 Å². The van der Waals surface area contributed by atoms with Crippen LogP contribution in [0.2, 0.25) is 0 Å². The smallest absolute Gasteiger partial charge is 0.166 e. The summed E-state index contributed by atoms with van der Waals surface area (Å²) in [4.78, 5) is 12.0. The lowest BCUT2D eigenvalue weighted by Gasteiger charge is -2.30. The number of hydrogen-bond acceptors (Lipinski definition) is 5. The van der Waals surface area contributed by atoms with Crippen LogP contribution in [0.15, 0.2) is 51.0 Å². The Morgan fingerprint density at radius 2 is 2.19 bits per heavy atom. The van der Waals surface area contributed by atoms with E-state index in [0.717, 1.165) is 28.0 Å². The molecule has 27 heavy (non-hydrogen) atoms. The predicted octanol–water partition coefficient (Wildman–Crippen LogP) is 4.55. The second-order valence-electron chi connectivity index (χ2n) is 6.80. The van der Waals surface area contributed by atoms with E-state index in [4.69, 9.17) is 19.1 Å². The van der Waals surface area contributed by atoms with Gasteiger partial charge in [0, 0.05) is 24.6 Å². The topological polar surface area (TPSA) is 50.9 Å². The van der Waals surface area contributed by atoms with Gasteiger partial charge in [0.25, 0.3) is 0 Å². The first-order chi connectivity index (χ1) is 13.1. The Morgan fingerprint density at radius 3 is 2.96 bits per heavy atom. The summed E-state index contributed by atoms with van der Waals surface area (Å²) >= 11 is 1.63. The van der Waals surface area contributed by atoms with E-state index in [9.17, 15) is 0 Å². The molecule has 0 bridgehead atoms. The summed E-state index contributed by atoms with van der Waals surface area (Å²) < 4.78 is 10.7. The van der Waals surface area contributed by atoms with Crippen molar-refractivity contribution in [2.24, 2.45) is 4.99 Å². The van der Waals surface area contributed by atoms with Gasteiger partial charge in [-0.05, 0) is 55.4 Å². The maximum atomic E-state index is 5.55. The average Bonchev–Trinajstić information content (AvgIpc) is 3.14. The van der Waals surface area contributed by atoms with Gasteiger partial charge in [-0.3, -0.25) is 4.99 Å². The molecule has 0 N–H and O–H groups in total. The third-order valence-electron chi connectivity index (χ3n) is 4.58. The molecular formula is C21H23N3O2S. The molecule has 0 amide bonds. The molecule has 0 saturated carbocycles. The van der Waals surface area contributed by atoms with Crippen LogP contribution in [-0.4, -0.2) is 35.3 Å². The summed E-state index contributed by atoms with van der Waals surface area (Å²) in [6.07, 6.45) is 1.71. The third-order valence-corrected chi connectivity index (χ3v) is 5.70. The Kier molecular flexibility index (Phi) is 5.18. The van der Waals surface area contributed by atoms with Crippen molar-refractivity contribution in [2.75, 3.05) is 20.3 Å². The van der Waals surface area contributed by atoms with Crippen LogP contribution >= 0.6 is 11.8 Å². The zero-order valence-corrected chi connectivity index (χ0v) is 16.7. The summed E-state index contributed by atoms with van der Waals surface area (Å²) in [5, 5.41) is 3.21. The number of furan rings is 1. The highest BCUT2D eigenvalue weighted by molar-refractivity contribution is 8.13. The largest absolute Gasteiger partial charge is 0.467 e. The Balaban J connectivity index is 1.72. The average molecular weight is 382 g/mol. The van der Waals surface area contributed by atoms with Gasteiger partial charge in [0.2, 0.25) is 0 Å². The molecule has 140 valence electrons. The molecule has 0 fully saturated rings. The van der Waals surface area contributed by atoms with Gasteiger partial charge in [0.05, 0.1) is 31.5 Å². The zero-order valence-electron chi connectivity index (χ0n) is 15.9. The van der Waals surface area contributed by atoms with E-state index in [1.807, 2.05) is 12.1 Å². The molecule has 3 heterocycles. The number of aliphatic imine (C=N–C) groups is 1. The first-order valence-electron chi connectivity index (χ1n) is 9.03. The number of aryl methyl sites for hydroxylation is 2. The van der Waals surface area contributed by atoms with Crippen molar-refractivity contribution in [1.29, 1.82) is 0 Å². The Labute approximate surface area is 163 Å². The fourth-order valence-corrected chi connectivity index (χ4v) is 4.36. The van der Waals surface area contributed by atoms with Crippen molar-refractivity contribution in [3.8, 4) is 0 Å². The van der Waals surface area contributed by atoms with Crippen LogP contribution in [0.25, 0.3) is 10.9 Å². The van der Waals surface area contributed by atoms with E-state index in [1.54, 1.807) is 25.1 Å². The minimum absolute atomic E-state index is 0.606. The van der Waals surface area contributed by atoms with Crippen LogP contribution in [-0.2, 0) is 17.8 Å². The van der Waals surface area contributed by atoms with Gasteiger partial charge in [0.15, 0.2) is 5.17 Å². The van der Waals surface area contributed by atoms with Gasteiger partial charge in [0.1, 0.15) is 10.8 Å². The molecule has 4 rings (SSSR count). The van der Waals surface area contributed by atoms with E-state index < -0.39 is 0 Å². The third kappa shape index (κ3) is 3.87. The molecular weight excluding hydrogens is 358 g/mol. The molecule has 0 unspecified atom stereocenters. The number of amidine groups is 1. The monoisotopic (exact) mass is 381 g/mol. The number of benzene rings is 1. The quantitative estimate of drug-likeness (QED) is 0.607. The number of pyridine rings is 1. The van der Waals surface area contributed by atoms with Gasteiger partial charge in [-0.1, -0.05) is 11.6 Å².